The van der Waals surface area contributed by atoms with Gasteiger partial charge in [0.05, 0.1) is 6.42 Å². The number of hydrogen-bond donors (Lipinski definition) is 1. The largest absolute Gasteiger partial charge is 0.448 e. The molecule has 2 aromatic carbocycles. The summed E-state index contributed by atoms with van der Waals surface area (Å²) in [6, 6.07) is 11.6. The van der Waals surface area contributed by atoms with Gasteiger partial charge >= 0.3 is 0 Å². The van der Waals surface area contributed by atoms with Crippen LogP contribution in [0, 0.1) is 5.82 Å². The van der Waals surface area contributed by atoms with E-state index in [2.05, 4.69) is 5.32 Å². The molecule has 1 aliphatic carbocycles. The molecule has 24 heavy (non-hydrogen) atoms. The lowest BCUT2D eigenvalue weighted by Crippen LogP contribution is -2.34. The second-order valence-electron chi connectivity index (χ2n) is 6.30. The number of halogens is 1. The van der Waals surface area contributed by atoms with Gasteiger partial charge in [-0.05, 0) is 36.6 Å². The van der Waals surface area contributed by atoms with Crippen LogP contribution in [0.5, 0.6) is 11.5 Å². The fourth-order valence-corrected chi connectivity index (χ4v) is 3.31. The zero-order chi connectivity index (χ0) is 16.6. The lowest BCUT2D eigenvalue weighted by molar-refractivity contribution is -0.115. The first-order chi connectivity index (χ1) is 11.6. The van der Waals surface area contributed by atoms with E-state index in [0.29, 0.717) is 22.7 Å². The molecule has 124 valence electrons. The van der Waals surface area contributed by atoms with Crippen molar-refractivity contribution in [1.82, 2.24) is 0 Å². The van der Waals surface area contributed by atoms with Gasteiger partial charge in [-0.15, -0.1) is 0 Å². The lowest BCUT2D eigenvalue weighted by Gasteiger charge is -2.21. The summed E-state index contributed by atoms with van der Waals surface area (Å²) in [6.07, 6.45) is 3.96. The Balaban J connectivity index is 1.45. The minimum atomic E-state index is -0.516. The molecule has 1 aliphatic heterocycles. The molecular formula is C19H18FNO3. The van der Waals surface area contributed by atoms with E-state index in [1.54, 1.807) is 36.4 Å². The third-order valence-electron chi connectivity index (χ3n) is 4.49. The monoisotopic (exact) mass is 327 g/mol. The number of carbonyl (C=O) groups excluding carboxylic acids is 1. The summed E-state index contributed by atoms with van der Waals surface area (Å²) in [4.78, 5) is 12.1. The van der Waals surface area contributed by atoms with Crippen LogP contribution in [-0.2, 0) is 11.2 Å². The highest BCUT2D eigenvalue weighted by molar-refractivity contribution is 5.92. The number of nitrogens with one attached hydrogen (secondary N) is 1. The zero-order valence-electron chi connectivity index (χ0n) is 13.2. The maximum atomic E-state index is 13.6. The lowest BCUT2D eigenvalue weighted by atomic mass is 10.1. The van der Waals surface area contributed by atoms with E-state index < -0.39 is 5.79 Å². The molecule has 0 unspecified atom stereocenters. The Bertz CT molecular complexity index is 784. The Morgan fingerprint density at radius 1 is 1.08 bits per heavy atom. The van der Waals surface area contributed by atoms with E-state index in [0.717, 1.165) is 25.7 Å². The standard InChI is InChI=1S/C19H18FNO3/c20-15-6-2-1-5-13(15)11-18(22)21-14-7-8-16-17(12-14)24-19(23-16)9-3-4-10-19/h1-2,5-8,12H,3-4,9-11H2,(H,21,22). The second-order valence-corrected chi connectivity index (χ2v) is 6.30. The predicted molar refractivity (Wildman–Crippen MR) is 87.6 cm³/mol. The van der Waals surface area contributed by atoms with Crippen LogP contribution in [0.3, 0.4) is 0 Å². The number of amides is 1. The topological polar surface area (TPSA) is 47.6 Å². The normalized spacial score (nSPS) is 17.2. The van der Waals surface area contributed by atoms with Crippen LogP contribution in [0.15, 0.2) is 42.5 Å². The molecule has 0 atom stereocenters. The molecule has 1 spiro atoms. The predicted octanol–water partition coefficient (Wildman–Crippen LogP) is 4.05. The summed E-state index contributed by atoms with van der Waals surface area (Å²) in [7, 11) is 0. The van der Waals surface area contributed by atoms with E-state index in [4.69, 9.17) is 9.47 Å². The Labute approximate surface area is 139 Å². The maximum Gasteiger partial charge on any atom is 0.251 e. The van der Waals surface area contributed by atoms with Gasteiger partial charge in [-0.2, -0.15) is 0 Å². The van der Waals surface area contributed by atoms with Crippen molar-refractivity contribution in [2.45, 2.75) is 37.9 Å². The molecule has 5 heteroatoms. The minimum absolute atomic E-state index is 0.00888. The quantitative estimate of drug-likeness (QED) is 0.925. The maximum absolute atomic E-state index is 13.6. The van der Waals surface area contributed by atoms with Crippen molar-refractivity contribution in [1.29, 1.82) is 0 Å². The highest BCUT2D eigenvalue weighted by Gasteiger charge is 2.44. The van der Waals surface area contributed by atoms with Crippen LogP contribution < -0.4 is 14.8 Å². The van der Waals surface area contributed by atoms with E-state index in [1.165, 1.54) is 6.07 Å². The van der Waals surface area contributed by atoms with Gasteiger partial charge in [0.2, 0.25) is 5.91 Å². The van der Waals surface area contributed by atoms with Crippen LogP contribution in [0.4, 0.5) is 10.1 Å². The van der Waals surface area contributed by atoms with Crippen LogP contribution in [0.2, 0.25) is 0 Å². The van der Waals surface area contributed by atoms with E-state index >= 15 is 0 Å². The summed E-state index contributed by atoms with van der Waals surface area (Å²) >= 11 is 0. The zero-order valence-corrected chi connectivity index (χ0v) is 13.2. The molecule has 2 aromatic rings. The van der Waals surface area contributed by atoms with Crippen molar-refractivity contribution >= 4 is 11.6 Å². The third-order valence-corrected chi connectivity index (χ3v) is 4.49. The average Bonchev–Trinajstić information content (AvgIpc) is 3.15. The second kappa shape index (κ2) is 5.82. The Hall–Kier alpha value is -2.56. The number of hydrogen-bond acceptors (Lipinski definition) is 3. The number of ether oxygens (including phenoxy) is 2. The molecule has 0 bridgehead atoms. The summed E-state index contributed by atoms with van der Waals surface area (Å²) in [6.45, 7) is 0. The number of benzene rings is 2. The van der Waals surface area contributed by atoms with Crippen LogP contribution in [0.1, 0.15) is 31.2 Å². The van der Waals surface area contributed by atoms with Crippen molar-refractivity contribution in [3.8, 4) is 11.5 Å². The van der Waals surface area contributed by atoms with Gasteiger partial charge in [0.25, 0.3) is 5.79 Å². The van der Waals surface area contributed by atoms with Crippen molar-refractivity contribution in [2.75, 3.05) is 5.32 Å². The first kappa shape index (κ1) is 15.0. The number of carbonyl (C=O) groups is 1. The van der Waals surface area contributed by atoms with Crippen LogP contribution in [-0.4, -0.2) is 11.7 Å². The van der Waals surface area contributed by atoms with E-state index in [9.17, 15) is 9.18 Å². The van der Waals surface area contributed by atoms with Crippen LogP contribution in [0.25, 0.3) is 0 Å². The van der Waals surface area contributed by atoms with E-state index in [1.807, 2.05) is 0 Å². The van der Waals surface area contributed by atoms with Gasteiger partial charge in [-0.3, -0.25) is 4.79 Å². The van der Waals surface area contributed by atoms with Gasteiger partial charge < -0.3 is 14.8 Å². The number of rotatable bonds is 3. The van der Waals surface area contributed by atoms with Gasteiger partial charge in [-0.25, -0.2) is 4.39 Å². The summed E-state index contributed by atoms with van der Waals surface area (Å²) in [5, 5.41) is 2.79. The molecular weight excluding hydrogens is 309 g/mol. The SMILES string of the molecule is O=C(Cc1ccccc1F)Nc1ccc2c(c1)OC1(CCCC1)O2. The molecule has 0 saturated heterocycles. The molecule has 1 saturated carbocycles. The van der Waals surface area contributed by atoms with Crippen molar-refractivity contribution in [3.63, 3.8) is 0 Å². The smallest absolute Gasteiger partial charge is 0.251 e. The fourth-order valence-electron chi connectivity index (χ4n) is 3.31. The summed E-state index contributed by atoms with van der Waals surface area (Å²) < 4.78 is 25.5. The van der Waals surface area contributed by atoms with Gasteiger partial charge in [0.1, 0.15) is 5.82 Å². The minimum Gasteiger partial charge on any atom is -0.448 e. The van der Waals surface area contributed by atoms with Crippen molar-refractivity contribution in [3.05, 3.63) is 53.8 Å². The first-order valence-corrected chi connectivity index (χ1v) is 8.19. The van der Waals surface area contributed by atoms with Crippen LogP contribution >= 0.6 is 0 Å². The molecule has 1 amide bonds. The Kier molecular flexibility index (Phi) is 3.63. The Morgan fingerprint density at radius 2 is 1.83 bits per heavy atom. The summed E-state index contributed by atoms with van der Waals surface area (Å²) in [5.74, 6) is 0.207. The molecule has 4 nitrogen and oxygen atoms in total. The first-order valence-electron chi connectivity index (χ1n) is 8.19. The number of anilines is 1. The number of fused-ring (bicyclic) bond motifs is 1. The average molecular weight is 327 g/mol. The summed E-state index contributed by atoms with van der Waals surface area (Å²) in [5.41, 5.74) is 0.995. The molecule has 0 radical (unpaired) electrons. The Morgan fingerprint density at radius 3 is 2.62 bits per heavy atom. The molecule has 1 N–H and O–H groups in total. The van der Waals surface area contributed by atoms with Gasteiger partial charge in [0.15, 0.2) is 11.5 Å². The molecule has 1 fully saturated rings. The molecule has 2 aliphatic rings. The van der Waals surface area contributed by atoms with E-state index in [-0.39, 0.29) is 18.1 Å². The molecule has 0 aromatic heterocycles. The van der Waals surface area contributed by atoms with Gasteiger partial charge in [0, 0.05) is 24.6 Å². The van der Waals surface area contributed by atoms with Crippen molar-refractivity contribution in [2.24, 2.45) is 0 Å². The highest BCUT2D eigenvalue weighted by Crippen LogP contribution is 2.47. The molecule has 4 rings (SSSR count). The van der Waals surface area contributed by atoms with Crippen molar-refractivity contribution < 1.29 is 18.7 Å². The fraction of sp³-hybridized carbons (Fsp3) is 0.316. The van der Waals surface area contributed by atoms with Gasteiger partial charge in [-0.1, -0.05) is 18.2 Å². The molecule has 1 heterocycles. The third kappa shape index (κ3) is 2.82. The highest BCUT2D eigenvalue weighted by atomic mass is 19.1.